The Bertz CT molecular complexity index is 537. The summed E-state index contributed by atoms with van der Waals surface area (Å²) in [7, 11) is 0. The Morgan fingerprint density at radius 2 is 2.44 bits per heavy atom. The standard InChI is InChI=1S/C12H9N3O/c1-2-6-15-8-11(9-16)12(14-15)10-4-3-5-13-7-10/h1,3-5,7-9H,6H2. The van der Waals surface area contributed by atoms with Crippen LogP contribution in [0.3, 0.4) is 0 Å². The number of carbonyl (C=O) groups is 1. The molecule has 2 rings (SSSR count). The number of carbonyl (C=O) groups excluding carboxylic acids is 1. The second-order valence-corrected chi connectivity index (χ2v) is 3.19. The van der Waals surface area contributed by atoms with Gasteiger partial charge in [-0.2, -0.15) is 5.10 Å². The molecule has 4 nitrogen and oxygen atoms in total. The van der Waals surface area contributed by atoms with Crippen LogP contribution >= 0.6 is 0 Å². The molecular formula is C12H9N3O. The maximum Gasteiger partial charge on any atom is 0.153 e. The van der Waals surface area contributed by atoms with E-state index in [0.717, 1.165) is 11.8 Å². The first-order valence-corrected chi connectivity index (χ1v) is 4.71. The third kappa shape index (κ3) is 1.84. The number of nitrogens with zero attached hydrogens (tertiary/aromatic N) is 3. The molecule has 78 valence electrons. The quantitative estimate of drug-likeness (QED) is 0.569. The number of aromatic nitrogens is 3. The zero-order valence-electron chi connectivity index (χ0n) is 8.50. The molecule has 2 heterocycles. The molecule has 0 radical (unpaired) electrons. The van der Waals surface area contributed by atoms with Crippen LogP contribution in [-0.4, -0.2) is 21.1 Å². The highest BCUT2D eigenvalue weighted by Crippen LogP contribution is 2.19. The van der Waals surface area contributed by atoms with E-state index in [0.29, 0.717) is 17.8 Å². The molecule has 0 atom stereocenters. The van der Waals surface area contributed by atoms with Crippen molar-refractivity contribution in [1.29, 1.82) is 0 Å². The first-order chi connectivity index (χ1) is 7.85. The molecule has 0 spiro atoms. The lowest BCUT2D eigenvalue weighted by atomic mass is 10.1. The number of hydrogen-bond donors (Lipinski definition) is 0. The fraction of sp³-hybridized carbons (Fsp3) is 0.0833. The molecular weight excluding hydrogens is 202 g/mol. The first-order valence-electron chi connectivity index (χ1n) is 4.71. The van der Waals surface area contributed by atoms with Crippen LogP contribution in [0.25, 0.3) is 11.3 Å². The molecule has 0 bridgehead atoms. The van der Waals surface area contributed by atoms with E-state index < -0.39 is 0 Å². The van der Waals surface area contributed by atoms with Gasteiger partial charge in [0.2, 0.25) is 0 Å². The van der Waals surface area contributed by atoms with Gasteiger partial charge in [0.05, 0.1) is 5.56 Å². The van der Waals surface area contributed by atoms with E-state index in [9.17, 15) is 4.79 Å². The van der Waals surface area contributed by atoms with Gasteiger partial charge in [-0.15, -0.1) is 6.42 Å². The van der Waals surface area contributed by atoms with Crippen molar-refractivity contribution < 1.29 is 4.79 Å². The van der Waals surface area contributed by atoms with E-state index in [1.807, 2.05) is 6.07 Å². The summed E-state index contributed by atoms with van der Waals surface area (Å²) in [6.45, 7) is 0.348. The normalized spacial score (nSPS) is 9.69. The molecule has 0 saturated carbocycles. The van der Waals surface area contributed by atoms with E-state index in [2.05, 4.69) is 16.0 Å². The van der Waals surface area contributed by atoms with Crippen LogP contribution in [0.1, 0.15) is 10.4 Å². The summed E-state index contributed by atoms with van der Waals surface area (Å²) < 4.78 is 1.56. The van der Waals surface area contributed by atoms with Crippen LogP contribution in [0.5, 0.6) is 0 Å². The summed E-state index contributed by atoms with van der Waals surface area (Å²) in [4.78, 5) is 14.9. The predicted molar refractivity (Wildman–Crippen MR) is 59.7 cm³/mol. The number of pyridine rings is 1. The Morgan fingerprint density at radius 3 is 3.06 bits per heavy atom. The van der Waals surface area contributed by atoms with Gasteiger partial charge in [-0.05, 0) is 12.1 Å². The van der Waals surface area contributed by atoms with Crippen LogP contribution in [0.4, 0.5) is 0 Å². The topological polar surface area (TPSA) is 47.8 Å². The Kier molecular flexibility index (Phi) is 2.79. The van der Waals surface area contributed by atoms with Crippen molar-refractivity contribution in [2.24, 2.45) is 0 Å². The van der Waals surface area contributed by atoms with Crippen LogP contribution in [0, 0.1) is 12.3 Å². The smallest absolute Gasteiger partial charge is 0.153 e. The van der Waals surface area contributed by atoms with E-state index >= 15 is 0 Å². The van der Waals surface area contributed by atoms with Gasteiger partial charge in [0.25, 0.3) is 0 Å². The second-order valence-electron chi connectivity index (χ2n) is 3.19. The molecule has 0 aliphatic carbocycles. The molecule has 0 fully saturated rings. The van der Waals surface area contributed by atoms with Crippen LogP contribution in [0.15, 0.2) is 30.7 Å². The van der Waals surface area contributed by atoms with Gasteiger partial charge in [-0.3, -0.25) is 14.5 Å². The van der Waals surface area contributed by atoms with Gasteiger partial charge >= 0.3 is 0 Å². The van der Waals surface area contributed by atoms with Gasteiger partial charge in [0.15, 0.2) is 6.29 Å². The molecule has 0 amide bonds. The third-order valence-electron chi connectivity index (χ3n) is 2.11. The fourth-order valence-electron chi connectivity index (χ4n) is 1.42. The SMILES string of the molecule is C#CCn1cc(C=O)c(-c2cccnc2)n1. The molecule has 0 saturated heterocycles. The van der Waals surface area contributed by atoms with Crippen LogP contribution in [-0.2, 0) is 6.54 Å². The first kappa shape index (κ1) is 10.1. The van der Waals surface area contributed by atoms with Gasteiger partial charge in [0.1, 0.15) is 12.2 Å². The van der Waals surface area contributed by atoms with Crippen molar-refractivity contribution in [3.8, 4) is 23.6 Å². The zero-order chi connectivity index (χ0) is 11.4. The summed E-state index contributed by atoms with van der Waals surface area (Å²) in [5.41, 5.74) is 1.93. The molecule has 0 aromatic carbocycles. The highest BCUT2D eigenvalue weighted by Gasteiger charge is 2.09. The average molecular weight is 211 g/mol. The van der Waals surface area contributed by atoms with E-state index in [1.54, 1.807) is 29.3 Å². The molecule has 0 N–H and O–H groups in total. The second kappa shape index (κ2) is 4.41. The molecule has 16 heavy (non-hydrogen) atoms. The average Bonchev–Trinajstić information content (AvgIpc) is 2.74. The number of aldehydes is 1. The highest BCUT2D eigenvalue weighted by atomic mass is 16.1. The van der Waals surface area contributed by atoms with Crippen molar-refractivity contribution in [3.63, 3.8) is 0 Å². The molecule has 2 aromatic heterocycles. The number of rotatable bonds is 3. The fourth-order valence-corrected chi connectivity index (χ4v) is 1.42. The van der Waals surface area contributed by atoms with E-state index in [4.69, 9.17) is 6.42 Å². The van der Waals surface area contributed by atoms with Gasteiger partial charge in [0, 0.05) is 24.2 Å². The summed E-state index contributed by atoms with van der Waals surface area (Å²) in [6, 6.07) is 3.65. The predicted octanol–water partition coefficient (Wildman–Crippen LogP) is 1.39. The number of hydrogen-bond acceptors (Lipinski definition) is 3. The molecule has 4 heteroatoms. The highest BCUT2D eigenvalue weighted by molar-refractivity contribution is 5.85. The molecule has 0 aliphatic heterocycles. The minimum Gasteiger partial charge on any atom is -0.298 e. The summed E-state index contributed by atoms with van der Waals surface area (Å²) >= 11 is 0. The monoisotopic (exact) mass is 211 g/mol. The van der Waals surface area contributed by atoms with Crippen molar-refractivity contribution in [1.82, 2.24) is 14.8 Å². The lowest BCUT2D eigenvalue weighted by molar-refractivity contribution is 0.112. The number of terminal acetylenes is 1. The van der Waals surface area contributed by atoms with E-state index in [1.165, 1.54) is 0 Å². The lowest BCUT2D eigenvalue weighted by Gasteiger charge is -1.95. The van der Waals surface area contributed by atoms with Crippen molar-refractivity contribution in [2.75, 3.05) is 0 Å². The maximum absolute atomic E-state index is 10.9. The molecule has 2 aromatic rings. The third-order valence-corrected chi connectivity index (χ3v) is 2.11. The van der Waals surface area contributed by atoms with Crippen molar-refractivity contribution in [3.05, 3.63) is 36.3 Å². The summed E-state index contributed by atoms with van der Waals surface area (Å²) in [5, 5.41) is 4.24. The minimum atomic E-state index is 0.348. The largest absolute Gasteiger partial charge is 0.298 e. The lowest BCUT2D eigenvalue weighted by Crippen LogP contribution is -1.95. The van der Waals surface area contributed by atoms with Crippen molar-refractivity contribution >= 4 is 6.29 Å². The Balaban J connectivity index is 2.48. The van der Waals surface area contributed by atoms with Gasteiger partial charge in [-0.1, -0.05) is 5.92 Å². The Hall–Kier alpha value is -2.41. The molecule has 0 aliphatic rings. The van der Waals surface area contributed by atoms with E-state index in [-0.39, 0.29) is 0 Å². The Morgan fingerprint density at radius 1 is 1.56 bits per heavy atom. The maximum atomic E-state index is 10.9. The van der Waals surface area contributed by atoms with Crippen LogP contribution in [0.2, 0.25) is 0 Å². The Labute approximate surface area is 92.9 Å². The van der Waals surface area contributed by atoms with Gasteiger partial charge in [-0.25, -0.2) is 0 Å². The van der Waals surface area contributed by atoms with Crippen molar-refractivity contribution in [2.45, 2.75) is 6.54 Å². The van der Waals surface area contributed by atoms with Gasteiger partial charge < -0.3 is 0 Å². The molecule has 0 unspecified atom stereocenters. The minimum absolute atomic E-state index is 0.348. The van der Waals surface area contributed by atoms with Crippen LogP contribution < -0.4 is 0 Å². The summed E-state index contributed by atoms with van der Waals surface area (Å²) in [6.07, 6.45) is 10.9. The zero-order valence-corrected chi connectivity index (χ0v) is 8.50. The summed E-state index contributed by atoms with van der Waals surface area (Å²) in [5.74, 6) is 2.47.